The average Bonchev–Trinajstić information content (AvgIpc) is 2.35. The van der Waals surface area contributed by atoms with Gasteiger partial charge in [-0.15, -0.1) is 6.58 Å². The van der Waals surface area contributed by atoms with Crippen molar-refractivity contribution in [3.63, 3.8) is 0 Å². The second-order valence-electron chi connectivity index (χ2n) is 4.38. The zero-order valence-corrected chi connectivity index (χ0v) is 9.83. The van der Waals surface area contributed by atoms with Crippen LogP contribution in [0.4, 0.5) is 0 Å². The Morgan fingerprint density at radius 1 is 1.50 bits per heavy atom. The fourth-order valence-corrected chi connectivity index (χ4v) is 1.84. The maximum atomic E-state index is 5.73. The zero-order chi connectivity index (χ0) is 11.4. The first kappa shape index (κ1) is 11.2. The van der Waals surface area contributed by atoms with Gasteiger partial charge in [0.25, 0.3) is 0 Å². The lowest BCUT2D eigenvalue weighted by Crippen LogP contribution is -2.23. The van der Waals surface area contributed by atoms with E-state index in [0.717, 1.165) is 25.3 Å². The van der Waals surface area contributed by atoms with Crippen LogP contribution in [-0.4, -0.2) is 13.2 Å². The van der Waals surface area contributed by atoms with Crippen molar-refractivity contribution in [3.8, 4) is 5.75 Å². The molecule has 0 aromatic heterocycles. The Morgan fingerprint density at radius 3 is 3.19 bits per heavy atom. The van der Waals surface area contributed by atoms with Gasteiger partial charge in [-0.25, -0.2) is 0 Å². The summed E-state index contributed by atoms with van der Waals surface area (Å²) in [6.45, 7) is 8.62. The molecule has 1 atom stereocenters. The summed E-state index contributed by atoms with van der Waals surface area (Å²) in [4.78, 5) is 0. The van der Waals surface area contributed by atoms with Crippen molar-refractivity contribution < 1.29 is 4.74 Å². The van der Waals surface area contributed by atoms with Crippen LogP contribution in [0.15, 0.2) is 30.9 Å². The van der Waals surface area contributed by atoms with Crippen LogP contribution < -0.4 is 10.1 Å². The molecule has 2 heteroatoms. The smallest absolute Gasteiger partial charge is 0.119 e. The van der Waals surface area contributed by atoms with E-state index in [4.69, 9.17) is 4.74 Å². The molecule has 2 nitrogen and oxygen atoms in total. The van der Waals surface area contributed by atoms with Gasteiger partial charge in [-0.3, -0.25) is 0 Å². The lowest BCUT2D eigenvalue weighted by Gasteiger charge is -2.18. The molecule has 0 saturated heterocycles. The molecule has 1 aliphatic heterocycles. The molecular weight excluding hydrogens is 198 g/mol. The summed E-state index contributed by atoms with van der Waals surface area (Å²) in [6, 6.07) is 6.39. The van der Waals surface area contributed by atoms with Crippen molar-refractivity contribution in [2.75, 3.05) is 13.2 Å². The quantitative estimate of drug-likeness (QED) is 0.783. The van der Waals surface area contributed by atoms with Gasteiger partial charge in [0.15, 0.2) is 0 Å². The molecule has 1 unspecified atom stereocenters. The van der Waals surface area contributed by atoms with Crippen molar-refractivity contribution in [3.05, 3.63) is 42.0 Å². The number of hydrogen-bond acceptors (Lipinski definition) is 2. The van der Waals surface area contributed by atoms with Gasteiger partial charge < -0.3 is 10.1 Å². The van der Waals surface area contributed by atoms with E-state index in [9.17, 15) is 0 Å². The molecule has 2 rings (SSSR count). The largest absolute Gasteiger partial charge is 0.493 e. The third kappa shape index (κ3) is 2.64. The minimum atomic E-state index is 0.401. The monoisotopic (exact) mass is 217 g/mol. The van der Waals surface area contributed by atoms with Crippen LogP contribution in [-0.2, 0) is 13.0 Å². The van der Waals surface area contributed by atoms with Crippen molar-refractivity contribution in [1.29, 1.82) is 0 Å². The first-order valence-electron chi connectivity index (χ1n) is 5.87. The highest BCUT2D eigenvalue weighted by atomic mass is 16.5. The van der Waals surface area contributed by atoms with Gasteiger partial charge in [0.05, 0.1) is 6.61 Å². The fraction of sp³-hybridized carbons (Fsp3) is 0.429. The van der Waals surface area contributed by atoms with Crippen LogP contribution in [0.2, 0.25) is 0 Å². The minimum absolute atomic E-state index is 0.401. The summed E-state index contributed by atoms with van der Waals surface area (Å²) < 4.78 is 5.73. The van der Waals surface area contributed by atoms with Crippen LogP contribution in [0.3, 0.4) is 0 Å². The molecule has 16 heavy (non-hydrogen) atoms. The molecule has 1 aliphatic rings. The van der Waals surface area contributed by atoms with Gasteiger partial charge in [-0.1, -0.05) is 19.1 Å². The van der Waals surface area contributed by atoms with Crippen LogP contribution in [0.1, 0.15) is 18.1 Å². The van der Waals surface area contributed by atoms with Gasteiger partial charge in [-0.2, -0.15) is 0 Å². The first-order chi connectivity index (χ1) is 7.79. The number of ether oxygens (including phenoxy) is 1. The van der Waals surface area contributed by atoms with Crippen LogP contribution in [0.5, 0.6) is 5.75 Å². The molecule has 86 valence electrons. The molecule has 0 saturated carbocycles. The third-order valence-electron chi connectivity index (χ3n) is 2.98. The predicted molar refractivity (Wildman–Crippen MR) is 66.7 cm³/mol. The maximum absolute atomic E-state index is 5.73. The Balaban J connectivity index is 2.02. The van der Waals surface area contributed by atoms with E-state index in [1.54, 1.807) is 0 Å². The zero-order valence-electron chi connectivity index (χ0n) is 9.83. The Labute approximate surface area is 97.3 Å². The highest BCUT2D eigenvalue weighted by Gasteiger charge is 2.09. The van der Waals surface area contributed by atoms with Crippen LogP contribution >= 0.6 is 0 Å². The summed E-state index contributed by atoms with van der Waals surface area (Å²) in [6.07, 6.45) is 3.02. The number of rotatable bonds is 4. The van der Waals surface area contributed by atoms with Crippen LogP contribution in [0, 0.1) is 5.92 Å². The minimum Gasteiger partial charge on any atom is -0.493 e. The summed E-state index contributed by atoms with van der Waals surface area (Å²) in [5.74, 6) is 1.38. The standard InChI is InChI=1S/C14H19NO/c1-3-11(2)10-16-14-5-4-13-9-15-7-6-12(13)8-14/h3-5,8,11,15H,1,6-7,9-10H2,2H3. The topological polar surface area (TPSA) is 21.3 Å². The molecule has 0 spiro atoms. The van der Waals surface area contributed by atoms with E-state index < -0.39 is 0 Å². The first-order valence-corrected chi connectivity index (χ1v) is 5.87. The van der Waals surface area contributed by atoms with Crippen molar-refractivity contribution in [2.24, 2.45) is 5.92 Å². The molecule has 1 aromatic rings. The molecule has 1 N–H and O–H groups in total. The second-order valence-corrected chi connectivity index (χ2v) is 4.38. The Hall–Kier alpha value is -1.28. The lowest BCUT2D eigenvalue weighted by atomic mass is 10.0. The molecule has 0 radical (unpaired) electrons. The Morgan fingerprint density at radius 2 is 2.38 bits per heavy atom. The van der Waals surface area contributed by atoms with E-state index in [1.165, 1.54) is 11.1 Å². The number of fused-ring (bicyclic) bond motifs is 1. The summed E-state index contributed by atoms with van der Waals surface area (Å²) in [7, 11) is 0. The molecular formula is C14H19NO. The maximum Gasteiger partial charge on any atom is 0.119 e. The highest BCUT2D eigenvalue weighted by Crippen LogP contribution is 2.21. The second kappa shape index (κ2) is 5.17. The Kier molecular flexibility index (Phi) is 3.62. The van der Waals surface area contributed by atoms with E-state index in [0.29, 0.717) is 12.5 Å². The van der Waals surface area contributed by atoms with Crippen molar-refractivity contribution >= 4 is 0 Å². The number of benzene rings is 1. The molecule has 0 aliphatic carbocycles. The average molecular weight is 217 g/mol. The van der Waals surface area contributed by atoms with E-state index in [-0.39, 0.29) is 0 Å². The van der Waals surface area contributed by atoms with Crippen LogP contribution in [0.25, 0.3) is 0 Å². The number of nitrogens with one attached hydrogen (secondary N) is 1. The molecule has 1 heterocycles. The predicted octanol–water partition coefficient (Wildman–Crippen LogP) is 2.53. The molecule has 0 fully saturated rings. The lowest BCUT2D eigenvalue weighted by molar-refractivity contribution is 0.284. The van der Waals surface area contributed by atoms with Gasteiger partial charge in [0.1, 0.15) is 5.75 Å². The molecule has 0 amide bonds. The van der Waals surface area contributed by atoms with E-state index >= 15 is 0 Å². The highest BCUT2D eigenvalue weighted by molar-refractivity contribution is 5.37. The van der Waals surface area contributed by atoms with E-state index in [1.807, 2.05) is 6.08 Å². The van der Waals surface area contributed by atoms with Gasteiger partial charge in [0.2, 0.25) is 0 Å². The summed E-state index contributed by atoms with van der Waals surface area (Å²) in [5, 5.41) is 3.37. The van der Waals surface area contributed by atoms with Gasteiger partial charge in [0, 0.05) is 12.5 Å². The summed E-state index contributed by atoms with van der Waals surface area (Å²) in [5.41, 5.74) is 2.82. The van der Waals surface area contributed by atoms with Gasteiger partial charge >= 0.3 is 0 Å². The van der Waals surface area contributed by atoms with Crippen molar-refractivity contribution in [1.82, 2.24) is 5.32 Å². The molecule has 0 bridgehead atoms. The molecule has 1 aromatic carbocycles. The van der Waals surface area contributed by atoms with Gasteiger partial charge in [-0.05, 0) is 36.2 Å². The normalized spacial score (nSPS) is 16.3. The fourth-order valence-electron chi connectivity index (χ4n) is 1.84. The van der Waals surface area contributed by atoms with Crippen molar-refractivity contribution in [2.45, 2.75) is 19.9 Å². The summed E-state index contributed by atoms with van der Waals surface area (Å²) >= 11 is 0. The Bertz CT molecular complexity index is 373. The number of hydrogen-bond donors (Lipinski definition) is 1. The SMILES string of the molecule is C=CC(C)COc1ccc2c(c1)CCNC2. The van der Waals surface area contributed by atoms with E-state index in [2.05, 4.69) is 37.0 Å². The third-order valence-corrected chi connectivity index (χ3v) is 2.98.